The number of urea groups is 1. The molecule has 2 amide bonds. The molecular weight excluding hydrogens is 341 g/mol. The van der Waals surface area contributed by atoms with E-state index in [1.165, 1.54) is 11.6 Å². The fraction of sp³-hybridized carbons (Fsp3) is 0.316. The quantitative estimate of drug-likeness (QED) is 0.903. The molecule has 1 fully saturated rings. The van der Waals surface area contributed by atoms with Crippen LogP contribution in [0.5, 0.6) is 0 Å². The Morgan fingerprint density at radius 3 is 2.48 bits per heavy atom. The van der Waals surface area contributed by atoms with Gasteiger partial charge in [0.1, 0.15) is 5.82 Å². The second-order valence-electron chi connectivity index (χ2n) is 6.04. The van der Waals surface area contributed by atoms with Crippen molar-refractivity contribution in [3.63, 3.8) is 0 Å². The van der Waals surface area contributed by atoms with Gasteiger partial charge in [-0.2, -0.15) is 0 Å². The third kappa shape index (κ3) is 4.63. The number of rotatable bonds is 4. The molecule has 132 valence electrons. The minimum Gasteiger partial charge on any atom is -0.368 e. The Morgan fingerprint density at radius 1 is 1.08 bits per heavy atom. The van der Waals surface area contributed by atoms with E-state index >= 15 is 0 Å². The zero-order chi connectivity index (χ0) is 17.6. The molecule has 2 aromatic rings. The molecule has 0 spiro atoms. The van der Waals surface area contributed by atoms with E-state index in [1.807, 2.05) is 23.1 Å². The molecule has 0 saturated carbocycles. The number of hydrogen-bond acceptors (Lipinski definition) is 2. The highest BCUT2D eigenvalue weighted by Gasteiger charge is 2.21. The van der Waals surface area contributed by atoms with Crippen molar-refractivity contribution in [3.8, 4) is 0 Å². The fourth-order valence-corrected chi connectivity index (χ4v) is 3.09. The molecule has 1 heterocycles. The van der Waals surface area contributed by atoms with Gasteiger partial charge in [-0.3, -0.25) is 0 Å². The van der Waals surface area contributed by atoms with E-state index in [0.29, 0.717) is 32.7 Å². The predicted octanol–water partition coefficient (Wildman–Crippen LogP) is 3.55. The summed E-state index contributed by atoms with van der Waals surface area (Å²) in [4.78, 5) is 16.2. The SMILES string of the molecule is O=C(NCCc1ccccc1)N1CCN(c2ccc(F)c(Cl)c2)CC1. The summed E-state index contributed by atoms with van der Waals surface area (Å²) >= 11 is 5.84. The smallest absolute Gasteiger partial charge is 0.317 e. The molecule has 4 nitrogen and oxygen atoms in total. The van der Waals surface area contributed by atoms with Crippen LogP contribution in [0.25, 0.3) is 0 Å². The Kier molecular flexibility index (Phi) is 5.76. The Balaban J connectivity index is 1.45. The molecule has 0 aliphatic carbocycles. The molecule has 3 rings (SSSR count). The monoisotopic (exact) mass is 361 g/mol. The van der Waals surface area contributed by atoms with Crippen LogP contribution in [0.4, 0.5) is 14.9 Å². The highest BCUT2D eigenvalue weighted by atomic mass is 35.5. The number of halogens is 2. The number of nitrogens with one attached hydrogen (secondary N) is 1. The normalized spacial score (nSPS) is 14.5. The van der Waals surface area contributed by atoms with Gasteiger partial charge in [-0.1, -0.05) is 41.9 Å². The number of nitrogens with zero attached hydrogens (tertiary/aromatic N) is 2. The molecule has 0 aromatic heterocycles. The molecule has 1 N–H and O–H groups in total. The first kappa shape index (κ1) is 17.5. The third-order valence-electron chi connectivity index (χ3n) is 4.37. The number of amides is 2. The molecule has 2 aromatic carbocycles. The van der Waals surface area contributed by atoms with E-state index in [-0.39, 0.29) is 11.1 Å². The van der Waals surface area contributed by atoms with Crippen LogP contribution in [-0.2, 0) is 6.42 Å². The first-order chi connectivity index (χ1) is 12.1. The van der Waals surface area contributed by atoms with Crippen LogP contribution in [0.2, 0.25) is 5.02 Å². The molecule has 1 aliphatic heterocycles. The number of carbonyl (C=O) groups is 1. The average molecular weight is 362 g/mol. The van der Waals surface area contributed by atoms with E-state index in [1.54, 1.807) is 12.1 Å². The largest absolute Gasteiger partial charge is 0.368 e. The summed E-state index contributed by atoms with van der Waals surface area (Å²) in [5, 5.41) is 3.09. The van der Waals surface area contributed by atoms with Crippen LogP contribution in [0.3, 0.4) is 0 Å². The number of carbonyl (C=O) groups excluding carboxylic acids is 1. The van der Waals surface area contributed by atoms with Gasteiger partial charge in [0.05, 0.1) is 5.02 Å². The van der Waals surface area contributed by atoms with E-state index in [2.05, 4.69) is 22.3 Å². The lowest BCUT2D eigenvalue weighted by Crippen LogP contribution is -2.52. The van der Waals surface area contributed by atoms with Crippen molar-refractivity contribution in [3.05, 3.63) is 64.9 Å². The maximum Gasteiger partial charge on any atom is 0.317 e. The molecule has 0 bridgehead atoms. The summed E-state index contributed by atoms with van der Waals surface area (Å²) in [5.74, 6) is -0.415. The first-order valence-electron chi connectivity index (χ1n) is 8.40. The van der Waals surface area contributed by atoms with Crippen LogP contribution in [0.1, 0.15) is 5.56 Å². The van der Waals surface area contributed by atoms with Crippen molar-refractivity contribution >= 4 is 23.3 Å². The molecule has 1 saturated heterocycles. The lowest BCUT2D eigenvalue weighted by atomic mass is 10.1. The molecule has 0 radical (unpaired) electrons. The minimum absolute atomic E-state index is 0.0345. The van der Waals surface area contributed by atoms with Gasteiger partial charge in [0.25, 0.3) is 0 Å². The van der Waals surface area contributed by atoms with Crippen LogP contribution < -0.4 is 10.2 Å². The topological polar surface area (TPSA) is 35.6 Å². The van der Waals surface area contributed by atoms with Gasteiger partial charge >= 0.3 is 6.03 Å². The van der Waals surface area contributed by atoms with Gasteiger partial charge in [0.2, 0.25) is 0 Å². The second-order valence-corrected chi connectivity index (χ2v) is 6.45. The number of benzene rings is 2. The Bertz CT molecular complexity index is 718. The molecule has 25 heavy (non-hydrogen) atoms. The van der Waals surface area contributed by atoms with Gasteiger partial charge in [-0.15, -0.1) is 0 Å². The molecule has 6 heteroatoms. The van der Waals surface area contributed by atoms with Crippen molar-refractivity contribution in [1.82, 2.24) is 10.2 Å². The summed E-state index contributed by atoms with van der Waals surface area (Å²) in [6.45, 7) is 3.29. The predicted molar refractivity (Wildman–Crippen MR) is 98.7 cm³/mol. The lowest BCUT2D eigenvalue weighted by molar-refractivity contribution is 0.194. The fourth-order valence-electron chi connectivity index (χ4n) is 2.92. The van der Waals surface area contributed by atoms with Crippen LogP contribution >= 0.6 is 11.6 Å². The third-order valence-corrected chi connectivity index (χ3v) is 4.66. The van der Waals surface area contributed by atoms with Crippen molar-refractivity contribution < 1.29 is 9.18 Å². The zero-order valence-corrected chi connectivity index (χ0v) is 14.7. The number of piperazine rings is 1. The van der Waals surface area contributed by atoms with Crippen LogP contribution in [-0.4, -0.2) is 43.7 Å². The summed E-state index contributed by atoms with van der Waals surface area (Å²) in [6.07, 6.45) is 0.820. The van der Waals surface area contributed by atoms with Crippen molar-refractivity contribution in [2.45, 2.75) is 6.42 Å². The minimum atomic E-state index is -0.415. The summed E-state index contributed by atoms with van der Waals surface area (Å²) in [5.41, 5.74) is 2.09. The summed E-state index contributed by atoms with van der Waals surface area (Å²) < 4.78 is 13.3. The maximum absolute atomic E-state index is 13.3. The Hall–Kier alpha value is -2.27. The summed E-state index contributed by atoms with van der Waals surface area (Å²) in [7, 11) is 0. The summed E-state index contributed by atoms with van der Waals surface area (Å²) in [6, 6.07) is 14.8. The van der Waals surface area contributed by atoms with E-state index in [9.17, 15) is 9.18 Å². The van der Waals surface area contributed by atoms with E-state index < -0.39 is 5.82 Å². The Morgan fingerprint density at radius 2 is 1.80 bits per heavy atom. The van der Waals surface area contributed by atoms with Crippen molar-refractivity contribution in [1.29, 1.82) is 0 Å². The number of anilines is 1. The number of hydrogen-bond donors (Lipinski definition) is 1. The van der Waals surface area contributed by atoms with Gasteiger partial charge in [0, 0.05) is 38.4 Å². The lowest BCUT2D eigenvalue weighted by Gasteiger charge is -2.36. The van der Waals surface area contributed by atoms with Crippen molar-refractivity contribution in [2.75, 3.05) is 37.6 Å². The second kappa shape index (κ2) is 8.21. The van der Waals surface area contributed by atoms with Crippen LogP contribution in [0.15, 0.2) is 48.5 Å². The average Bonchev–Trinajstić information content (AvgIpc) is 2.65. The first-order valence-corrected chi connectivity index (χ1v) is 8.78. The Labute approximate surface area is 152 Å². The van der Waals surface area contributed by atoms with Gasteiger partial charge in [-0.05, 0) is 30.2 Å². The standard InChI is InChI=1S/C19H21ClFN3O/c20-17-14-16(6-7-18(17)21)23-10-12-24(13-11-23)19(25)22-9-8-15-4-2-1-3-5-15/h1-7,14H,8-13H2,(H,22,25). The highest BCUT2D eigenvalue weighted by Crippen LogP contribution is 2.23. The maximum atomic E-state index is 13.3. The van der Waals surface area contributed by atoms with Gasteiger partial charge < -0.3 is 15.1 Å². The molecular formula is C19H21ClFN3O. The van der Waals surface area contributed by atoms with Gasteiger partial charge in [-0.25, -0.2) is 9.18 Å². The van der Waals surface area contributed by atoms with Crippen molar-refractivity contribution in [2.24, 2.45) is 0 Å². The molecule has 0 unspecified atom stereocenters. The van der Waals surface area contributed by atoms with E-state index in [4.69, 9.17) is 11.6 Å². The molecule has 0 atom stereocenters. The van der Waals surface area contributed by atoms with Gasteiger partial charge in [0.15, 0.2) is 0 Å². The van der Waals surface area contributed by atoms with E-state index in [0.717, 1.165) is 12.1 Å². The zero-order valence-electron chi connectivity index (χ0n) is 13.9. The molecule has 1 aliphatic rings. The van der Waals surface area contributed by atoms with Crippen LogP contribution in [0, 0.1) is 5.82 Å². The highest BCUT2D eigenvalue weighted by molar-refractivity contribution is 6.31.